The second-order valence-corrected chi connectivity index (χ2v) is 5.14. The van der Waals surface area contributed by atoms with Gasteiger partial charge >= 0.3 is 0 Å². The van der Waals surface area contributed by atoms with Crippen molar-refractivity contribution in [3.05, 3.63) is 35.0 Å². The lowest BCUT2D eigenvalue weighted by molar-refractivity contribution is 0.0719. The third kappa shape index (κ3) is 1.99. The van der Waals surface area contributed by atoms with Crippen LogP contribution in [0, 0.1) is 0 Å². The number of carbonyl (C=O) groups excluding carboxylic acids is 1. The van der Waals surface area contributed by atoms with Crippen molar-refractivity contribution < 1.29 is 4.79 Å². The lowest BCUT2D eigenvalue weighted by Gasteiger charge is -2.26. The summed E-state index contributed by atoms with van der Waals surface area (Å²) in [7, 11) is 0. The first-order valence-electron chi connectivity index (χ1n) is 6.32. The molecule has 2 heterocycles. The molecule has 0 radical (unpaired) electrons. The molecule has 1 aromatic heterocycles. The highest BCUT2D eigenvalue weighted by atomic mass is 35.5. The number of nitrogens with zero attached hydrogens (tertiary/aromatic N) is 1. The molecule has 1 fully saturated rings. The number of likely N-dealkylation sites (tertiary alicyclic amines) is 1. The molecule has 0 unspecified atom stereocenters. The van der Waals surface area contributed by atoms with Gasteiger partial charge in [0.15, 0.2) is 0 Å². The summed E-state index contributed by atoms with van der Waals surface area (Å²) in [4.78, 5) is 17.4. The van der Waals surface area contributed by atoms with E-state index in [2.05, 4.69) is 4.98 Å². The van der Waals surface area contributed by atoms with Gasteiger partial charge in [-0.15, -0.1) is 0 Å². The van der Waals surface area contributed by atoms with Crippen LogP contribution in [0.5, 0.6) is 0 Å². The number of carbonyl (C=O) groups is 1. The van der Waals surface area contributed by atoms with E-state index < -0.39 is 0 Å². The monoisotopic (exact) mass is 262 g/mol. The first kappa shape index (κ1) is 11.6. The summed E-state index contributed by atoms with van der Waals surface area (Å²) in [5, 5.41) is 1.60. The van der Waals surface area contributed by atoms with Crippen LogP contribution in [0.4, 0.5) is 0 Å². The van der Waals surface area contributed by atoms with Gasteiger partial charge in [-0.3, -0.25) is 4.79 Å². The maximum Gasteiger partial charge on any atom is 0.270 e. The van der Waals surface area contributed by atoms with E-state index >= 15 is 0 Å². The van der Waals surface area contributed by atoms with E-state index in [1.165, 1.54) is 6.42 Å². The van der Waals surface area contributed by atoms with Crippen molar-refractivity contribution in [3.63, 3.8) is 0 Å². The number of aromatic amines is 1. The van der Waals surface area contributed by atoms with Crippen molar-refractivity contribution in [1.82, 2.24) is 9.88 Å². The molecule has 0 bridgehead atoms. The van der Waals surface area contributed by atoms with Crippen LogP contribution in [0.1, 0.15) is 29.8 Å². The van der Waals surface area contributed by atoms with Crippen molar-refractivity contribution in [2.24, 2.45) is 0 Å². The molecular weight excluding hydrogens is 248 g/mol. The molecule has 3 rings (SSSR count). The second kappa shape index (κ2) is 4.65. The van der Waals surface area contributed by atoms with Crippen LogP contribution in [0.15, 0.2) is 24.3 Å². The minimum absolute atomic E-state index is 0.0852. The first-order valence-corrected chi connectivity index (χ1v) is 6.70. The molecular formula is C14H15ClN2O. The van der Waals surface area contributed by atoms with Gasteiger partial charge in [-0.2, -0.15) is 0 Å². The summed E-state index contributed by atoms with van der Waals surface area (Å²) in [6, 6.07) is 7.52. The molecule has 1 N–H and O–H groups in total. The number of hydrogen-bond acceptors (Lipinski definition) is 1. The fourth-order valence-electron chi connectivity index (χ4n) is 2.50. The van der Waals surface area contributed by atoms with E-state index in [0.29, 0.717) is 10.7 Å². The molecule has 0 spiro atoms. The topological polar surface area (TPSA) is 36.1 Å². The Morgan fingerprint density at radius 3 is 2.72 bits per heavy atom. The maximum absolute atomic E-state index is 12.3. The number of hydrogen-bond donors (Lipinski definition) is 1. The van der Waals surface area contributed by atoms with Gasteiger partial charge in [0.05, 0.1) is 0 Å². The Morgan fingerprint density at radius 1 is 1.22 bits per heavy atom. The maximum atomic E-state index is 12.3. The number of H-pyrrole nitrogens is 1. The molecule has 1 aliphatic heterocycles. The van der Waals surface area contributed by atoms with Gasteiger partial charge in [0.25, 0.3) is 5.91 Å². The van der Waals surface area contributed by atoms with Crippen LogP contribution in [0.2, 0.25) is 5.02 Å². The Hall–Kier alpha value is -1.48. The zero-order valence-electron chi connectivity index (χ0n) is 10.1. The molecule has 3 nitrogen and oxygen atoms in total. The fourth-order valence-corrected chi connectivity index (χ4v) is 2.73. The van der Waals surface area contributed by atoms with Gasteiger partial charge in [0.2, 0.25) is 0 Å². The Balaban J connectivity index is 1.94. The number of benzene rings is 1. The molecule has 4 heteroatoms. The molecule has 1 aliphatic rings. The van der Waals surface area contributed by atoms with Gasteiger partial charge in [-0.05, 0) is 37.5 Å². The zero-order chi connectivity index (χ0) is 12.5. The summed E-state index contributed by atoms with van der Waals surface area (Å²) >= 11 is 6.12. The predicted molar refractivity (Wildman–Crippen MR) is 73.1 cm³/mol. The standard InChI is InChI=1S/C14H15ClN2O/c15-11-5-4-6-12-10(11)9-13(16-12)14(18)17-7-2-1-3-8-17/h4-6,9,16H,1-3,7-8H2. The Morgan fingerprint density at radius 2 is 2.00 bits per heavy atom. The van der Waals surface area contributed by atoms with E-state index in [1.807, 2.05) is 29.2 Å². The minimum atomic E-state index is 0.0852. The summed E-state index contributed by atoms with van der Waals surface area (Å²) in [6.45, 7) is 1.73. The fraction of sp³-hybridized carbons (Fsp3) is 0.357. The summed E-state index contributed by atoms with van der Waals surface area (Å²) < 4.78 is 0. The van der Waals surface area contributed by atoms with Gasteiger partial charge < -0.3 is 9.88 Å². The van der Waals surface area contributed by atoms with Crippen LogP contribution in [0.25, 0.3) is 10.9 Å². The van der Waals surface area contributed by atoms with E-state index in [9.17, 15) is 4.79 Å². The number of piperidine rings is 1. The molecule has 1 saturated heterocycles. The van der Waals surface area contributed by atoms with E-state index in [1.54, 1.807) is 0 Å². The Bertz CT molecular complexity index is 584. The van der Waals surface area contributed by atoms with Crippen LogP contribution >= 0.6 is 11.6 Å². The van der Waals surface area contributed by atoms with Crippen LogP contribution < -0.4 is 0 Å². The summed E-state index contributed by atoms with van der Waals surface area (Å²) in [6.07, 6.45) is 3.43. The first-order chi connectivity index (χ1) is 8.75. The molecule has 1 amide bonds. The number of amides is 1. The second-order valence-electron chi connectivity index (χ2n) is 4.74. The highest BCUT2D eigenvalue weighted by Crippen LogP contribution is 2.25. The molecule has 94 valence electrons. The molecule has 0 saturated carbocycles. The third-order valence-corrected chi connectivity index (χ3v) is 3.81. The van der Waals surface area contributed by atoms with Crippen molar-refractivity contribution >= 4 is 28.4 Å². The average Bonchev–Trinajstić information content (AvgIpc) is 2.84. The Kier molecular flexibility index (Phi) is 3.00. The van der Waals surface area contributed by atoms with Crippen molar-refractivity contribution in [1.29, 1.82) is 0 Å². The normalized spacial score (nSPS) is 16.2. The lowest BCUT2D eigenvalue weighted by atomic mass is 10.1. The zero-order valence-corrected chi connectivity index (χ0v) is 10.8. The average molecular weight is 263 g/mol. The minimum Gasteiger partial charge on any atom is -0.350 e. The molecule has 0 aliphatic carbocycles. The van der Waals surface area contributed by atoms with Crippen molar-refractivity contribution in [3.8, 4) is 0 Å². The summed E-state index contributed by atoms with van der Waals surface area (Å²) in [5.41, 5.74) is 1.56. The highest BCUT2D eigenvalue weighted by molar-refractivity contribution is 6.35. The van der Waals surface area contributed by atoms with Crippen molar-refractivity contribution in [2.45, 2.75) is 19.3 Å². The van der Waals surface area contributed by atoms with Gasteiger partial charge in [0.1, 0.15) is 5.69 Å². The predicted octanol–water partition coefficient (Wildman–Crippen LogP) is 3.45. The van der Waals surface area contributed by atoms with Crippen molar-refractivity contribution in [2.75, 3.05) is 13.1 Å². The molecule has 0 atom stereocenters. The number of aromatic nitrogens is 1. The van der Waals surface area contributed by atoms with E-state index in [4.69, 9.17) is 11.6 Å². The lowest BCUT2D eigenvalue weighted by Crippen LogP contribution is -2.35. The smallest absolute Gasteiger partial charge is 0.270 e. The van der Waals surface area contributed by atoms with Crippen LogP contribution in [-0.4, -0.2) is 28.9 Å². The number of fused-ring (bicyclic) bond motifs is 1. The molecule has 18 heavy (non-hydrogen) atoms. The summed E-state index contributed by atoms with van der Waals surface area (Å²) in [5.74, 6) is 0.0852. The van der Waals surface area contributed by atoms with E-state index in [-0.39, 0.29) is 5.91 Å². The largest absolute Gasteiger partial charge is 0.350 e. The van der Waals surface area contributed by atoms with Crippen LogP contribution in [-0.2, 0) is 0 Å². The van der Waals surface area contributed by atoms with Crippen LogP contribution in [0.3, 0.4) is 0 Å². The highest BCUT2D eigenvalue weighted by Gasteiger charge is 2.20. The SMILES string of the molecule is O=C(c1cc2c(Cl)cccc2[nH]1)N1CCCCC1. The number of halogens is 1. The quantitative estimate of drug-likeness (QED) is 0.840. The number of nitrogens with one attached hydrogen (secondary N) is 1. The van der Waals surface area contributed by atoms with Gasteiger partial charge in [-0.25, -0.2) is 0 Å². The molecule has 1 aromatic carbocycles. The number of rotatable bonds is 1. The Labute approximate surface area is 111 Å². The third-order valence-electron chi connectivity index (χ3n) is 3.48. The van der Waals surface area contributed by atoms with E-state index in [0.717, 1.165) is 36.8 Å². The van der Waals surface area contributed by atoms with Gasteiger partial charge in [0, 0.05) is 29.0 Å². The van der Waals surface area contributed by atoms with Gasteiger partial charge in [-0.1, -0.05) is 17.7 Å². The molecule has 2 aromatic rings.